The molecule has 0 saturated carbocycles. The van der Waals surface area contributed by atoms with Gasteiger partial charge in [-0.25, -0.2) is 8.42 Å². The standard InChI is InChI=1S/C21H25ClN2O4S/c1-14-12-17(9-10-20(14)28-3)29(26,27)24-11-5-6-16(13-24)21(25)23-19-8-4-7-18(22)15(19)2/h4,7-10,12,16H,5-6,11,13H2,1-3H3,(H,23,25)/t16-/m1/s1. The Balaban J connectivity index is 1.76. The van der Waals surface area contributed by atoms with E-state index in [1.54, 1.807) is 50.4 Å². The van der Waals surface area contributed by atoms with E-state index in [1.807, 2.05) is 6.92 Å². The number of carbonyl (C=O) groups excluding carboxylic acids is 1. The monoisotopic (exact) mass is 436 g/mol. The van der Waals surface area contributed by atoms with E-state index < -0.39 is 15.9 Å². The van der Waals surface area contributed by atoms with Crippen molar-refractivity contribution in [2.75, 3.05) is 25.5 Å². The van der Waals surface area contributed by atoms with Gasteiger partial charge in [0.05, 0.1) is 17.9 Å². The van der Waals surface area contributed by atoms with Crippen LogP contribution in [0.3, 0.4) is 0 Å². The summed E-state index contributed by atoms with van der Waals surface area (Å²) in [5.41, 5.74) is 2.18. The fraction of sp³-hybridized carbons (Fsp3) is 0.381. The summed E-state index contributed by atoms with van der Waals surface area (Å²) in [4.78, 5) is 13.0. The summed E-state index contributed by atoms with van der Waals surface area (Å²) in [6.45, 7) is 4.19. The van der Waals surface area contributed by atoms with Gasteiger partial charge in [-0.3, -0.25) is 4.79 Å². The molecule has 0 unspecified atom stereocenters. The summed E-state index contributed by atoms with van der Waals surface area (Å²) in [5, 5.41) is 3.47. The van der Waals surface area contributed by atoms with Gasteiger partial charge in [-0.15, -0.1) is 0 Å². The van der Waals surface area contributed by atoms with E-state index in [9.17, 15) is 13.2 Å². The van der Waals surface area contributed by atoms with Crippen LogP contribution in [0.5, 0.6) is 5.75 Å². The molecule has 1 aliphatic heterocycles. The first-order valence-electron chi connectivity index (χ1n) is 9.45. The van der Waals surface area contributed by atoms with E-state index >= 15 is 0 Å². The van der Waals surface area contributed by atoms with Crippen LogP contribution >= 0.6 is 11.6 Å². The lowest BCUT2D eigenvalue weighted by Crippen LogP contribution is -2.43. The van der Waals surface area contributed by atoms with Crippen LogP contribution in [-0.4, -0.2) is 38.8 Å². The fourth-order valence-corrected chi connectivity index (χ4v) is 5.30. The lowest BCUT2D eigenvalue weighted by molar-refractivity contribution is -0.120. The smallest absolute Gasteiger partial charge is 0.243 e. The molecule has 0 radical (unpaired) electrons. The minimum absolute atomic E-state index is 0.152. The molecule has 0 aliphatic carbocycles. The second kappa shape index (κ2) is 8.73. The molecule has 3 rings (SSSR count). The molecule has 1 amide bonds. The highest BCUT2D eigenvalue weighted by atomic mass is 35.5. The number of nitrogens with one attached hydrogen (secondary N) is 1. The van der Waals surface area contributed by atoms with Gasteiger partial charge in [0.1, 0.15) is 5.75 Å². The minimum Gasteiger partial charge on any atom is -0.496 e. The van der Waals surface area contributed by atoms with Crippen LogP contribution in [0.1, 0.15) is 24.0 Å². The van der Waals surface area contributed by atoms with Crippen molar-refractivity contribution >= 4 is 33.2 Å². The van der Waals surface area contributed by atoms with Gasteiger partial charge >= 0.3 is 0 Å². The fourth-order valence-electron chi connectivity index (χ4n) is 3.51. The van der Waals surface area contributed by atoms with Crippen molar-refractivity contribution in [3.8, 4) is 5.75 Å². The lowest BCUT2D eigenvalue weighted by atomic mass is 9.98. The summed E-state index contributed by atoms with van der Waals surface area (Å²) in [6.07, 6.45) is 1.26. The number of amides is 1. The molecular weight excluding hydrogens is 412 g/mol. The second-order valence-corrected chi connectivity index (χ2v) is 9.58. The number of aryl methyl sites for hydroxylation is 1. The van der Waals surface area contributed by atoms with Crippen LogP contribution < -0.4 is 10.1 Å². The number of hydrogen-bond donors (Lipinski definition) is 1. The molecule has 156 valence electrons. The SMILES string of the molecule is COc1ccc(S(=O)(=O)N2CCC[C@@H](C(=O)Nc3cccc(Cl)c3C)C2)cc1C. The number of benzene rings is 2. The van der Waals surface area contributed by atoms with E-state index in [4.69, 9.17) is 16.3 Å². The Morgan fingerprint density at radius 2 is 2.00 bits per heavy atom. The van der Waals surface area contributed by atoms with Crippen molar-refractivity contribution in [3.63, 3.8) is 0 Å². The maximum absolute atomic E-state index is 13.1. The van der Waals surface area contributed by atoms with E-state index in [-0.39, 0.29) is 17.3 Å². The molecule has 1 heterocycles. The summed E-state index contributed by atoms with van der Waals surface area (Å²) in [6, 6.07) is 10.1. The van der Waals surface area contributed by atoms with Crippen LogP contribution in [0.15, 0.2) is 41.3 Å². The number of anilines is 1. The third kappa shape index (κ3) is 4.57. The lowest BCUT2D eigenvalue weighted by Gasteiger charge is -2.31. The third-order valence-corrected chi connectivity index (χ3v) is 7.56. The Kier molecular flexibility index (Phi) is 6.51. The third-order valence-electron chi connectivity index (χ3n) is 5.28. The number of methoxy groups -OCH3 is 1. The summed E-state index contributed by atoms with van der Waals surface area (Å²) < 4.78 is 32.8. The molecular formula is C21H25ClN2O4S. The summed E-state index contributed by atoms with van der Waals surface area (Å²) >= 11 is 6.12. The second-order valence-electron chi connectivity index (χ2n) is 7.24. The first-order valence-corrected chi connectivity index (χ1v) is 11.3. The van der Waals surface area contributed by atoms with Gasteiger partial charge in [-0.05, 0) is 68.1 Å². The normalized spacial score (nSPS) is 17.7. The number of rotatable bonds is 5. The average molecular weight is 437 g/mol. The summed E-state index contributed by atoms with van der Waals surface area (Å²) in [5.74, 6) is 0.0224. The Morgan fingerprint density at radius 3 is 2.69 bits per heavy atom. The largest absolute Gasteiger partial charge is 0.496 e. The van der Waals surface area contributed by atoms with E-state index in [0.717, 1.165) is 11.1 Å². The zero-order chi connectivity index (χ0) is 21.2. The van der Waals surface area contributed by atoms with Crippen molar-refractivity contribution in [3.05, 3.63) is 52.5 Å². The number of sulfonamides is 1. The van der Waals surface area contributed by atoms with Crippen LogP contribution in [0.2, 0.25) is 5.02 Å². The molecule has 2 aromatic rings. The number of carbonyl (C=O) groups is 1. The Bertz CT molecular complexity index is 1020. The number of piperidine rings is 1. The molecule has 0 aromatic heterocycles. The molecule has 2 aromatic carbocycles. The molecule has 1 saturated heterocycles. The van der Waals surface area contributed by atoms with Crippen molar-refractivity contribution in [2.45, 2.75) is 31.6 Å². The molecule has 6 nitrogen and oxygen atoms in total. The van der Waals surface area contributed by atoms with E-state index in [1.165, 1.54) is 4.31 Å². The first kappa shape index (κ1) is 21.6. The van der Waals surface area contributed by atoms with Gasteiger partial charge in [0.15, 0.2) is 0 Å². The topological polar surface area (TPSA) is 75.7 Å². The van der Waals surface area contributed by atoms with Gasteiger partial charge in [0, 0.05) is 23.8 Å². The first-order chi connectivity index (χ1) is 13.7. The Morgan fingerprint density at radius 1 is 1.24 bits per heavy atom. The molecule has 0 spiro atoms. The predicted molar refractivity (Wildman–Crippen MR) is 114 cm³/mol. The van der Waals surface area contributed by atoms with Gasteiger partial charge in [0.2, 0.25) is 15.9 Å². The minimum atomic E-state index is -3.69. The van der Waals surface area contributed by atoms with Crippen LogP contribution in [-0.2, 0) is 14.8 Å². The molecule has 29 heavy (non-hydrogen) atoms. The summed E-state index contributed by atoms with van der Waals surface area (Å²) in [7, 11) is -2.14. The van der Waals surface area contributed by atoms with E-state index in [2.05, 4.69) is 5.32 Å². The van der Waals surface area contributed by atoms with Gasteiger partial charge in [-0.1, -0.05) is 17.7 Å². The van der Waals surface area contributed by atoms with Gasteiger partial charge in [-0.2, -0.15) is 4.31 Å². The maximum Gasteiger partial charge on any atom is 0.243 e. The highest BCUT2D eigenvalue weighted by Gasteiger charge is 2.33. The van der Waals surface area contributed by atoms with Crippen molar-refractivity contribution in [1.29, 1.82) is 0 Å². The van der Waals surface area contributed by atoms with Crippen molar-refractivity contribution < 1.29 is 17.9 Å². The van der Waals surface area contributed by atoms with E-state index in [0.29, 0.717) is 35.8 Å². The number of hydrogen-bond acceptors (Lipinski definition) is 4. The van der Waals surface area contributed by atoms with Crippen LogP contribution in [0, 0.1) is 19.8 Å². The molecule has 1 fully saturated rings. The van der Waals surface area contributed by atoms with Crippen molar-refractivity contribution in [2.24, 2.45) is 5.92 Å². The molecule has 1 atom stereocenters. The zero-order valence-corrected chi connectivity index (χ0v) is 18.3. The zero-order valence-electron chi connectivity index (χ0n) is 16.7. The average Bonchev–Trinajstić information content (AvgIpc) is 2.71. The molecule has 8 heteroatoms. The molecule has 0 bridgehead atoms. The number of halogens is 1. The van der Waals surface area contributed by atoms with Crippen LogP contribution in [0.4, 0.5) is 5.69 Å². The maximum atomic E-state index is 13.1. The molecule has 1 N–H and O–H groups in total. The van der Waals surface area contributed by atoms with Gasteiger partial charge < -0.3 is 10.1 Å². The Hall–Kier alpha value is -2.09. The quantitative estimate of drug-likeness (QED) is 0.768. The number of nitrogens with zero attached hydrogens (tertiary/aromatic N) is 1. The van der Waals surface area contributed by atoms with Gasteiger partial charge in [0.25, 0.3) is 0 Å². The highest BCUT2D eigenvalue weighted by molar-refractivity contribution is 7.89. The predicted octanol–water partition coefficient (Wildman–Crippen LogP) is 4.00. The highest BCUT2D eigenvalue weighted by Crippen LogP contribution is 2.29. The van der Waals surface area contributed by atoms with Crippen LogP contribution in [0.25, 0.3) is 0 Å². The molecule has 1 aliphatic rings. The Labute approximate surface area is 176 Å². The number of ether oxygens (including phenoxy) is 1. The van der Waals surface area contributed by atoms with Crippen molar-refractivity contribution in [1.82, 2.24) is 4.31 Å².